The summed E-state index contributed by atoms with van der Waals surface area (Å²) in [6, 6.07) is 2.93. The topological polar surface area (TPSA) is 111 Å². The van der Waals surface area contributed by atoms with Gasteiger partial charge in [-0.15, -0.1) is 5.10 Å². The highest BCUT2D eigenvalue weighted by Gasteiger charge is 2.32. The van der Waals surface area contributed by atoms with Crippen molar-refractivity contribution in [3.05, 3.63) is 27.2 Å². The van der Waals surface area contributed by atoms with Crippen molar-refractivity contribution in [2.24, 2.45) is 10.2 Å². The largest absolute Gasteiger partial charge is 0.507 e. The number of amidine groups is 1. The fraction of sp³-hybridized carbons (Fsp3) is 0.167. The van der Waals surface area contributed by atoms with Gasteiger partial charge in [-0.3, -0.25) is 9.59 Å². The second-order valence-corrected chi connectivity index (χ2v) is 6.53. The fourth-order valence-electron chi connectivity index (χ4n) is 1.56. The number of carboxylic acid groups (broad SMARTS) is 1. The molecule has 10 heteroatoms. The summed E-state index contributed by atoms with van der Waals surface area (Å²) >= 11 is 10.1. The summed E-state index contributed by atoms with van der Waals surface area (Å²) in [5.41, 5.74) is 0.341. The van der Waals surface area contributed by atoms with Crippen molar-refractivity contribution < 1.29 is 19.8 Å². The van der Waals surface area contributed by atoms with Crippen LogP contribution in [0.4, 0.5) is 0 Å². The molecule has 1 aliphatic rings. The maximum Gasteiger partial charge on any atom is 0.305 e. The van der Waals surface area contributed by atoms with E-state index in [9.17, 15) is 14.7 Å². The molecule has 1 fully saturated rings. The standard InChI is InChI=1S/C12H9BrClN3O4S/c13-10-5(7(18)2-1-6(10)14)4-15-17-12-16-11(21)8(22-12)3-9(19)20/h1-2,4,8,18H,3H2,(H,19,20)(H,16,17,21). The lowest BCUT2D eigenvalue weighted by Crippen LogP contribution is -2.26. The van der Waals surface area contributed by atoms with Crippen LogP contribution >= 0.6 is 39.3 Å². The van der Waals surface area contributed by atoms with Gasteiger partial charge in [-0.2, -0.15) is 5.10 Å². The number of hydrogen-bond donors (Lipinski definition) is 3. The van der Waals surface area contributed by atoms with Crippen LogP contribution in [0.3, 0.4) is 0 Å². The Balaban J connectivity index is 2.11. The van der Waals surface area contributed by atoms with E-state index in [1.165, 1.54) is 18.3 Å². The number of carboxylic acids is 1. The zero-order valence-electron chi connectivity index (χ0n) is 10.8. The Labute approximate surface area is 142 Å². The average molecular weight is 407 g/mol. The molecule has 3 N–H and O–H groups in total. The van der Waals surface area contributed by atoms with E-state index in [1.54, 1.807) is 0 Å². The number of hydrogen-bond acceptors (Lipinski definition) is 6. The van der Waals surface area contributed by atoms with Crippen LogP contribution in [-0.2, 0) is 9.59 Å². The summed E-state index contributed by atoms with van der Waals surface area (Å²) in [6.45, 7) is 0. The van der Waals surface area contributed by atoms with Crippen molar-refractivity contribution in [3.63, 3.8) is 0 Å². The lowest BCUT2D eigenvalue weighted by molar-refractivity contribution is -0.138. The van der Waals surface area contributed by atoms with Crippen molar-refractivity contribution >= 4 is 62.6 Å². The Kier molecular flexibility index (Phi) is 5.43. The number of phenolic OH excluding ortho intramolecular Hbond substituents is 1. The third kappa shape index (κ3) is 3.99. The van der Waals surface area contributed by atoms with E-state index < -0.39 is 17.1 Å². The summed E-state index contributed by atoms with van der Waals surface area (Å²) < 4.78 is 0.463. The first-order valence-corrected chi connectivity index (χ1v) is 7.91. The summed E-state index contributed by atoms with van der Waals surface area (Å²) in [6.07, 6.45) is 0.982. The highest BCUT2D eigenvalue weighted by atomic mass is 79.9. The van der Waals surface area contributed by atoms with Gasteiger partial charge in [0.05, 0.1) is 23.2 Å². The summed E-state index contributed by atoms with van der Waals surface area (Å²) in [7, 11) is 0. The van der Waals surface area contributed by atoms with E-state index in [0.717, 1.165) is 11.8 Å². The second-order valence-electron chi connectivity index (χ2n) is 4.14. The van der Waals surface area contributed by atoms with Gasteiger partial charge in [0.25, 0.3) is 0 Å². The van der Waals surface area contributed by atoms with Crippen LogP contribution in [0, 0.1) is 0 Å². The number of nitrogens with one attached hydrogen (secondary N) is 1. The van der Waals surface area contributed by atoms with Crippen molar-refractivity contribution in [1.82, 2.24) is 5.32 Å². The highest BCUT2D eigenvalue weighted by Crippen LogP contribution is 2.31. The Bertz CT molecular complexity index is 695. The molecular formula is C12H9BrClN3O4S. The molecule has 1 atom stereocenters. The van der Waals surface area contributed by atoms with Crippen molar-refractivity contribution in [2.45, 2.75) is 11.7 Å². The summed E-state index contributed by atoms with van der Waals surface area (Å²) in [4.78, 5) is 22.1. The predicted octanol–water partition coefficient (Wildman–Crippen LogP) is 2.20. The van der Waals surface area contributed by atoms with Crippen LogP contribution in [0.25, 0.3) is 0 Å². The normalized spacial score (nSPS) is 19.8. The van der Waals surface area contributed by atoms with Gasteiger partial charge >= 0.3 is 5.97 Å². The molecule has 2 rings (SSSR count). The molecule has 1 aliphatic heterocycles. The van der Waals surface area contributed by atoms with Gasteiger partial charge in [0, 0.05) is 4.47 Å². The minimum atomic E-state index is -1.06. The van der Waals surface area contributed by atoms with Gasteiger partial charge in [0.1, 0.15) is 11.0 Å². The first kappa shape index (κ1) is 16.8. The number of thioether (sulfide) groups is 1. The van der Waals surface area contributed by atoms with E-state index in [2.05, 4.69) is 31.4 Å². The van der Waals surface area contributed by atoms with Crippen LogP contribution in [0.1, 0.15) is 12.0 Å². The van der Waals surface area contributed by atoms with E-state index in [1.807, 2.05) is 0 Å². The van der Waals surface area contributed by atoms with E-state index in [-0.39, 0.29) is 17.3 Å². The molecule has 22 heavy (non-hydrogen) atoms. The highest BCUT2D eigenvalue weighted by molar-refractivity contribution is 9.10. The number of aliphatic carboxylic acids is 1. The number of halogens is 2. The molecule has 1 heterocycles. The molecule has 0 aromatic heterocycles. The number of nitrogens with zero attached hydrogens (tertiary/aromatic N) is 2. The molecule has 0 aliphatic carbocycles. The van der Waals surface area contributed by atoms with Crippen LogP contribution in [0.2, 0.25) is 5.02 Å². The van der Waals surface area contributed by atoms with E-state index in [4.69, 9.17) is 16.7 Å². The lowest BCUT2D eigenvalue weighted by Gasteiger charge is -2.02. The molecule has 1 amide bonds. The fourth-order valence-corrected chi connectivity index (χ4v) is 3.08. The van der Waals surface area contributed by atoms with Crippen molar-refractivity contribution in [1.29, 1.82) is 0 Å². The third-order valence-corrected chi connectivity index (χ3v) is 5.05. The Morgan fingerprint density at radius 1 is 1.55 bits per heavy atom. The number of rotatable bonds is 4. The van der Waals surface area contributed by atoms with Gasteiger partial charge in [-0.1, -0.05) is 23.4 Å². The minimum absolute atomic E-state index is 0.0351. The Morgan fingerprint density at radius 2 is 2.27 bits per heavy atom. The first-order chi connectivity index (χ1) is 10.4. The quantitative estimate of drug-likeness (QED) is 0.524. The molecule has 0 radical (unpaired) electrons. The molecule has 1 aromatic carbocycles. The number of amides is 1. The first-order valence-electron chi connectivity index (χ1n) is 5.85. The van der Waals surface area contributed by atoms with Crippen LogP contribution < -0.4 is 5.32 Å². The van der Waals surface area contributed by atoms with Crippen molar-refractivity contribution in [2.75, 3.05) is 0 Å². The molecule has 116 valence electrons. The molecule has 1 unspecified atom stereocenters. The van der Waals surface area contributed by atoms with E-state index in [0.29, 0.717) is 15.1 Å². The number of aromatic hydroxyl groups is 1. The molecule has 0 spiro atoms. The SMILES string of the molecule is O=C(O)CC1SC(=NN=Cc2c(O)ccc(Cl)c2Br)NC1=O. The zero-order chi connectivity index (χ0) is 16.3. The van der Waals surface area contributed by atoms with Crippen LogP contribution in [0.15, 0.2) is 26.8 Å². The zero-order valence-corrected chi connectivity index (χ0v) is 13.9. The number of phenols is 1. The Hall–Kier alpha value is -1.58. The summed E-state index contributed by atoms with van der Waals surface area (Å²) in [5, 5.41) is 28.3. The number of carbonyl (C=O) groups excluding carboxylic acids is 1. The lowest BCUT2D eigenvalue weighted by atomic mass is 10.2. The second kappa shape index (κ2) is 7.12. The van der Waals surface area contributed by atoms with E-state index >= 15 is 0 Å². The predicted molar refractivity (Wildman–Crippen MR) is 87.6 cm³/mol. The number of carbonyl (C=O) groups is 2. The minimum Gasteiger partial charge on any atom is -0.507 e. The maximum absolute atomic E-state index is 11.5. The summed E-state index contributed by atoms with van der Waals surface area (Å²) in [5.74, 6) is -1.52. The third-order valence-electron chi connectivity index (χ3n) is 2.58. The van der Waals surface area contributed by atoms with Crippen LogP contribution in [0.5, 0.6) is 5.75 Å². The molecular weight excluding hydrogens is 398 g/mol. The molecule has 0 bridgehead atoms. The monoisotopic (exact) mass is 405 g/mol. The molecule has 7 nitrogen and oxygen atoms in total. The molecule has 1 saturated heterocycles. The smallest absolute Gasteiger partial charge is 0.305 e. The van der Waals surface area contributed by atoms with Gasteiger partial charge in [0.15, 0.2) is 5.17 Å². The average Bonchev–Trinajstić information content (AvgIpc) is 2.78. The molecule has 1 aromatic rings. The van der Waals surface area contributed by atoms with Gasteiger partial charge < -0.3 is 15.5 Å². The van der Waals surface area contributed by atoms with Crippen molar-refractivity contribution in [3.8, 4) is 5.75 Å². The van der Waals surface area contributed by atoms with Crippen LogP contribution in [-0.4, -0.2) is 38.7 Å². The van der Waals surface area contributed by atoms with Gasteiger partial charge in [0.2, 0.25) is 5.91 Å². The van der Waals surface area contributed by atoms with Gasteiger partial charge in [-0.25, -0.2) is 0 Å². The maximum atomic E-state index is 11.5. The van der Waals surface area contributed by atoms with Gasteiger partial charge in [-0.05, 0) is 28.1 Å². The molecule has 0 saturated carbocycles. The number of benzene rings is 1. The Morgan fingerprint density at radius 3 is 2.95 bits per heavy atom.